The van der Waals surface area contributed by atoms with Crippen molar-refractivity contribution in [3.8, 4) is 11.5 Å². The van der Waals surface area contributed by atoms with Gasteiger partial charge in [-0.05, 0) is 62.3 Å². The molecule has 5 heteroatoms. The summed E-state index contributed by atoms with van der Waals surface area (Å²) in [5.74, 6) is 1.96. The molecular weight excluding hydrogens is 350 g/mol. The summed E-state index contributed by atoms with van der Waals surface area (Å²) in [7, 11) is 0. The highest BCUT2D eigenvalue weighted by Gasteiger charge is 2.29. The number of fused-ring (bicyclic) bond motifs is 1. The van der Waals surface area contributed by atoms with Gasteiger partial charge >= 0.3 is 0 Å². The molecular formula is C21H22ClNO3. The maximum absolute atomic E-state index is 12.6. The van der Waals surface area contributed by atoms with Gasteiger partial charge in [0.1, 0.15) is 12.7 Å². The van der Waals surface area contributed by atoms with Crippen molar-refractivity contribution in [2.75, 3.05) is 26.2 Å². The highest BCUT2D eigenvalue weighted by molar-refractivity contribution is 6.30. The van der Waals surface area contributed by atoms with Crippen molar-refractivity contribution in [3.63, 3.8) is 0 Å². The summed E-state index contributed by atoms with van der Waals surface area (Å²) in [6.07, 6.45) is 1.80. The van der Waals surface area contributed by atoms with Crippen LogP contribution in [0.15, 0.2) is 48.5 Å². The predicted molar refractivity (Wildman–Crippen MR) is 101 cm³/mol. The number of likely N-dealkylation sites (tertiary alicyclic amines) is 1. The summed E-state index contributed by atoms with van der Waals surface area (Å²) in [5, 5.41) is 0.660. The number of carbonyl (C=O) groups is 1. The van der Waals surface area contributed by atoms with Crippen molar-refractivity contribution >= 4 is 17.4 Å². The Morgan fingerprint density at radius 2 is 1.73 bits per heavy atom. The van der Waals surface area contributed by atoms with Crippen LogP contribution in [0.3, 0.4) is 0 Å². The first-order chi connectivity index (χ1) is 12.7. The Morgan fingerprint density at radius 3 is 2.46 bits per heavy atom. The van der Waals surface area contributed by atoms with Crippen molar-refractivity contribution in [1.82, 2.24) is 4.90 Å². The molecule has 2 aromatic rings. The molecule has 0 spiro atoms. The molecule has 2 aliphatic rings. The van der Waals surface area contributed by atoms with E-state index < -0.39 is 0 Å². The quantitative estimate of drug-likeness (QED) is 0.759. The fraction of sp³-hybridized carbons (Fsp3) is 0.381. The Kier molecular flexibility index (Phi) is 5.14. The Hall–Kier alpha value is -2.04. The van der Waals surface area contributed by atoms with Gasteiger partial charge in [0.05, 0.1) is 0 Å². The van der Waals surface area contributed by atoms with Crippen molar-refractivity contribution < 1.29 is 14.3 Å². The molecule has 0 aliphatic carbocycles. The summed E-state index contributed by atoms with van der Waals surface area (Å²) in [5.41, 5.74) is 0.758. The first-order valence-electron chi connectivity index (χ1n) is 9.09. The maximum atomic E-state index is 12.6. The molecule has 0 aromatic heterocycles. The largest absolute Gasteiger partial charge is 0.486 e. The van der Waals surface area contributed by atoms with Crippen LogP contribution >= 0.6 is 11.6 Å². The smallest absolute Gasteiger partial charge is 0.166 e. The van der Waals surface area contributed by atoms with Crippen LogP contribution in [0.2, 0.25) is 5.02 Å². The Labute approximate surface area is 158 Å². The molecule has 2 aromatic carbocycles. The Balaban J connectivity index is 1.29. The average molecular weight is 372 g/mol. The summed E-state index contributed by atoms with van der Waals surface area (Å²) in [6.45, 7) is 3.22. The molecule has 26 heavy (non-hydrogen) atoms. The zero-order valence-corrected chi connectivity index (χ0v) is 15.3. The molecule has 4 rings (SSSR count). The van der Waals surface area contributed by atoms with E-state index in [9.17, 15) is 4.79 Å². The summed E-state index contributed by atoms with van der Waals surface area (Å²) >= 11 is 5.91. The second-order valence-corrected chi connectivity index (χ2v) is 7.38. The molecule has 0 saturated carbocycles. The molecule has 0 N–H and O–H groups in total. The highest BCUT2D eigenvalue weighted by Crippen LogP contribution is 2.31. The van der Waals surface area contributed by atoms with Gasteiger partial charge in [-0.25, -0.2) is 0 Å². The van der Waals surface area contributed by atoms with Gasteiger partial charge in [-0.15, -0.1) is 0 Å². The number of rotatable bonds is 4. The zero-order chi connectivity index (χ0) is 17.9. The second kappa shape index (κ2) is 7.68. The molecule has 1 unspecified atom stereocenters. The van der Waals surface area contributed by atoms with Crippen LogP contribution in [-0.2, 0) is 0 Å². The number of piperidine rings is 1. The average Bonchev–Trinajstić information content (AvgIpc) is 2.68. The van der Waals surface area contributed by atoms with Gasteiger partial charge in [-0.2, -0.15) is 0 Å². The van der Waals surface area contributed by atoms with Gasteiger partial charge in [0.2, 0.25) is 0 Å². The summed E-state index contributed by atoms with van der Waals surface area (Å²) in [6, 6.07) is 15.0. The number of Topliss-reactive ketones (excluding diaryl/α,β-unsaturated/α-hetero) is 1. The number of hydrogen-bond donors (Lipinski definition) is 0. The van der Waals surface area contributed by atoms with Crippen LogP contribution in [0, 0.1) is 5.92 Å². The normalized spacial score (nSPS) is 20.7. The van der Waals surface area contributed by atoms with E-state index in [1.807, 2.05) is 36.4 Å². The van der Waals surface area contributed by atoms with Gasteiger partial charge < -0.3 is 9.47 Å². The first-order valence-corrected chi connectivity index (χ1v) is 9.47. The minimum atomic E-state index is 0.0356. The standard InChI is InChI=1S/C21H22ClNO3/c22-17-7-5-15(6-8-17)21(24)16-9-11-23(12-10-16)13-18-14-25-19-3-1-2-4-20(19)26-18/h1-8,16,18H,9-14H2. The fourth-order valence-corrected chi connectivity index (χ4v) is 3.79. The lowest BCUT2D eigenvalue weighted by molar-refractivity contribution is 0.0462. The van der Waals surface area contributed by atoms with Crippen molar-refractivity contribution in [2.45, 2.75) is 18.9 Å². The zero-order valence-electron chi connectivity index (χ0n) is 14.6. The first kappa shape index (κ1) is 17.4. The van der Waals surface area contributed by atoms with Crippen LogP contribution < -0.4 is 9.47 Å². The van der Waals surface area contributed by atoms with E-state index in [1.165, 1.54) is 0 Å². The third-order valence-electron chi connectivity index (χ3n) is 5.12. The summed E-state index contributed by atoms with van der Waals surface area (Å²) < 4.78 is 11.8. The lowest BCUT2D eigenvalue weighted by atomic mass is 9.89. The minimum Gasteiger partial charge on any atom is -0.486 e. The number of nitrogens with zero attached hydrogens (tertiary/aromatic N) is 1. The van der Waals surface area contributed by atoms with Gasteiger partial charge in [0.15, 0.2) is 17.3 Å². The van der Waals surface area contributed by atoms with Gasteiger partial charge in [0, 0.05) is 23.0 Å². The van der Waals surface area contributed by atoms with Gasteiger partial charge in [-0.1, -0.05) is 23.7 Å². The maximum Gasteiger partial charge on any atom is 0.166 e. The monoisotopic (exact) mass is 371 g/mol. The van der Waals surface area contributed by atoms with Crippen LogP contribution in [-0.4, -0.2) is 43.0 Å². The number of ketones is 1. The van der Waals surface area contributed by atoms with E-state index in [0.717, 1.165) is 49.5 Å². The van der Waals surface area contributed by atoms with E-state index in [4.69, 9.17) is 21.1 Å². The minimum absolute atomic E-state index is 0.0356. The van der Waals surface area contributed by atoms with E-state index >= 15 is 0 Å². The van der Waals surface area contributed by atoms with Crippen LogP contribution in [0.1, 0.15) is 23.2 Å². The molecule has 136 valence electrons. The lowest BCUT2D eigenvalue weighted by Crippen LogP contribution is -2.45. The Bertz CT molecular complexity index is 769. The molecule has 0 radical (unpaired) electrons. The fourth-order valence-electron chi connectivity index (χ4n) is 3.67. The molecule has 1 atom stereocenters. The van der Waals surface area contributed by atoms with Gasteiger partial charge in [-0.3, -0.25) is 9.69 Å². The Morgan fingerprint density at radius 1 is 1.04 bits per heavy atom. The number of carbonyl (C=O) groups excluding carboxylic acids is 1. The molecule has 0 amide bonds. The summed E-state index contributed by atoms with van der Waals surface area (Å²) in [4.78, 5) is 15.0. The second-order valence-electron chi connectivity index (χ2n) is 6.94. The molecule has 4 nitrogen and oxygen atoms in total. The van der Waals surface area contributed by atoms with E-state index in [0.29, 0.717) is 11.6 Å². The highest BCUT2D eigenvalue weighted by atomic mass is 35.5. The lowest BCUT2D eigenvalue weighted by Gasteiger charge is -2.35. The van der Waals surface area contributed by atoms with Crippen LogP contribution in [0.4, 0.5) is 0 Å². The number of halogens is 1. The van der Waals surface area contributed by atoms with Crippen molar-refractivity contribution in [3.05, 3.63) is 59.1 Å². The van der Waals surface area contributed by atoms with Crippen LogP contribution in [0.5, 0.6) is 11.5 Å². The topological polar surface area (TPSA) is 38.8 Å². The number of hydrogen-bond acceptors (Lipinski definition) is 4. The van der Waals surface area contributed by atoms with E-state index in [1.54, 1.807) is 12.1 Å². The molecule has 2 aliphatic heterocycles. The van der Waals surface area contributed by atoms with Crippen LogP contribution in [0.25, 0.3) is 0 Å². The molecule has 1 fully saturated rings. The number of benzene rings is 2. The third kappa shape index (κ3) is 3.87. The van der Waals surface area contributed by atoms with Crippen molar-refractivity contribution in [2.24, 2.45) is 5.92 Å². The van der Waals surface area contributed by atoms with Crippen molar-refractivity contribution in [1.29, 1.82) is 0 Å². The molecule has 0 bridgehead atoms. The SMILES string of the molecule is O=C(c1ccc(Cl)cc1)C1CCN(CC2COc3ccccc3O2)CC1. The van der Waals surface area contributed by atoms with Gasteiger partial charge in [0.25, 0.3) is 0 Å². The molecule has 1 saturated heterocycles. The third-order valence-corrected chi connectivity index (χ3v) is 5.37. The van der Waals surface area contributed by atoms with E-state index in [-0.39, 0.29) is 17.8 Å². The number of ether oxygens (including phenoxy) is 2. The number of para-hydroxylation sites is 2. The predicted octanol–water partition coefficient (Wildman–Crippen LogP) is 4.07. The molecule has 2 heterocycles. The van der Waals surface area contributed by atoms with E-state index in [2.05, 4.69) is 4.90 Å².